The first-order valence-corrected chi connectivity index (χ1v) is 11.0. The number of carbonyl (C=O) groups excluding carboxylic acids is 2. The van der Waals surface area contributed by atoms with Gasteiger partial charge in [0.15, 0.2) is 0 Å². The molecule has 0 bridgehead atoms. The molecule has 2 aromatic rings. The molecule has 2 aliphatic heterocycles. The highest BCUT2D eigenvalue weighted by atomic mass is 16.3. The highest BCUT2D eigenvalue weighted by Gasteiger charge is 2.55. The van der Waals surface area contributed by atoms with Crippen molar-refractivity contribution in [3.8, 4) is 11.8 Å². The fourth-order valence-corrected chi connectivity index (χ4v) is 4.89. The minimum atomic E-state index is -0.217. The van der Waals surface area contributed by atoms with Gasteiger partial charge in [0.1, 0.15) is 0 Å². The number of rotatable bonds is 4. The number of hydrogen-bond acceptors (Lipinski definition) is 3. The summed E-state index contributed by atoms with van der Waals surface area (Å²) in [6, 6.07) is 18.0. The summed E-state index contributed by atoms with van der Waals surface area (Å²) >= 11 is 0. The Kier molecular flexibility index (Phi) is 5.25. The molecule has 1 aliphatic carbocycles. The lowest BCUT2D eigenvalue weighted by Gasteiger charge is -2.58. The Morgan fingerprint density at radius 1 is 1.06 bits per heavy atom. The number of nitrogens with zero attached hydrogens (tertiary/aromatic N) is 2. The van der Waals surface area contributed by atoms with E-state index >= 15 is 0 Å². The standard InChI is InChI=1S/C26H26N2O3/c29-17-23-25(22-15-27(16-24(30)28(22)23)26(31)21-13-14-21)20-11-9-19(10-12-20)8-4-7-18-5-2-1-3-6-18/h1-3,5-6,9-12,21-23,25,29H,7,13-17H2/t22-,23-,25-/m1/s1. The summed E-state index contributed by atoms with van der Waals surface area (Å²) in [5.74, 6) is 6.63. The lowest BCUT2D eigenvalue weighted by molar-refractivity contribution is -0.167. The molecule has 5 rings (SSSR count). The normalized spacial score (nSPS) is 24.7. The Morgan fingerprint density at radius 3 is 2.48 bits per heavy atom. The van der Waals surface area contributed by atoms with E-state index in [2.05, 4.69) is 24.0 Å². The lowest BCUT2D eigenvalue weighted by atomic mass is 9.73. The molecule has 158 valence electrons. The van der Waals surface area contributed by atoms with Crippen LogP contribution in [0.4, 0.5) is 0 Å². The van der Waals surface area contributed by atoms with Gasteiger partial charge in [-0.3, -0.25) is 9.59 Å². The summed E-state index contributed by atoms with van der Waals surface area (Å²) in [5, 5.41) is 9.93. The molecule has 3 fully saturated rings. The predicted molar refractivity (Wildman–Crippen MR) is 117 cm³/mol. The number of hydrogen-bond donors (Lipinski definition) is 1. The van der Waals surface area contributed by atoms with E-state index in [4.69, 9.17) is 0 Å². The number of carbonyl (C=O) groups is 2. The molecule has 2 amide bonds. The number of aliphatic hydroxyl groups is 1. The second-order valence-corrected chi connectivity index (χ2v) is 8.72. The van der Waals surface area contributed by atoms with Gasteiger partial charge in [-0.05, 0) is 36.1 Å². The van der Waals surface area contributed by atoms with E-state index in [0.717, 1.165) is 24.0 Å². The van der Waals surface area contributed by atoms with Gasteiger partial charge in [0.2, 0.25) is 11.8 Å². The molecule has 3 aliphatic rings. The third kappa shape index (κ3) is 3.84. The van der Waals surface area contributed by atoms with Gasteiger partial charge < -0.3 is 14.9 Å². The van der Waals surface area contributed by atoms with E-state index in [-0.39, 0.29) is 48.9 Å². The molecule has 5 heteroatoms. The second kappa shape index (κ2) is 8.20. The topological polar surface area (TPSA) is 60.9 Å². The van der Waals surface area contributed by atoms with Crippen molar-refractivity contribution in [2.45, 2.75) is 37.3 Å². The first-order chi connectivity index (χ1) is 15.2. The minimum absolute atomic E-state index is 0.0371. The number of amides is 2. The van der Waals surface area contributed by atoms with E-state index in [1.165, 1.54) is 5.56 Å². The molecule has 2 aromatic carbocycles. The first-order valence-electron chi connectivity index (χ1n) is 11.0. The maximum Gasteiger partial charge on any atom is 0.242 e. The fraction of sp³-hybridized carbons (Fsp3) is 0.385. The zero-order chi connectivity index (χ0) is 21.4. The van der Waals surface area contributed by atoms with Crippen LogP contribution in [0, 0.1) is 17.8 Å². The van der Waals surface area contributed by atoms with E-state index in [1.54, 1.807) is 9.80 Å². The lowest BCUT2D eigenvalue weighted by Crippen LogP contribution is -2.73. The van der Waals surface area contributed by atoms with Gasteiger partial charge in [0, 0.05) is 30.4 Å². The average molecular weight is 415 g/mol. The third-order valence-corrected chi connectivity index (χ3v) is 6.65. The Morgan fingerprint density at radius 2 is 1.81 bits per heavy atom. The summed E-state index contributed by atoms with van der Waals surface area (Å²) in [7, 11) is 0. The zero-order valence-electron chi connectivity index (χ0n) is 17.4. The Hall–Kier alpha value is -3.10. The van der Waals surface area contributed by atoms with Crippen LogP contribution >= 0.6 is 0 Å². The molecular formula is C26H26N2O3. The van der Waals surface area contributed by atoms with Crippen LogP contribution < -0.4 is 0 Å². The SMILES string of the molecule is O=C(C1CC1)N1CC(=O)N2[C@H](CO)[C@H](c3ccc(C#CCc4ccccc4)cc3)[C@H]2C1. The van der Waals surface area contributed by atoms with Crippen molar-refractivity contribution in [1.29, 1.82) is 0 Å². The van der Waals surface area contributed by atoms with E-state index < -0.39 is 0 Å². The third-order valence-electron chi connectivity index (χ3n) is 6.65. The van der Waals surface area contributed by atoms with Gasteiger partial charge in [-0.15, -0.1) is 0 Å². The van der Waals surface area contributed by atoms with Crippen molar-refractivity contribution < 1.29 is 14.7 Å². The summed E-state index contributed by atoms with van der Waals surface area (Å²) in [4.78, 5) is 28.7. The molecule has 31 heavy (non-hydrogen) atoms. The zero-order valence-corrected chi connectivity index (χ0v) is 17.4. The molecule has 0 spiro atoms. The molecule has 5 nitrogen and oxygen atoms in total. The van der Waals surface area contributed by atoms with Crippen LogP contribution in [0.3, 0.4) is 0 Å². The largest absolute Gasteiger partial charge is 0.394 e. The highest BCUT2D eigenvalue weighted by molar-refractivity contribution is 5.89. The molecule has 2 saturated heterocycles. The Balaban J connectivity index is 1.29. The number of benzene rings is 2. The van der Waals surface area contributed by atoms with Crippen molar-refractivity contribution in [3.63, 3.8) is 0 Å². The van der Waals surface area contributed by atoms with Crippen LogP contribution in [0.2, 0.25) is 0 Å². The summed E-state index contributed by atoms with van der Waals surface area (Å²) in [5.41, 5.74) is 3.23. The van der Waals surface area contributed by atoms with Crippen LogP contribution in [0.25, 0.3) is 0 Å². The van der Waals surface area contributed by atoms with Gasteiger partial charge in [-0.1, -0.05) is 54.3 Å². The van der Waals surface area contributed by atoms with E-state index in [9.17, 15) is 14.7 Å². The smallest absolute Gasteiger partial charge is 0.242 e. The molecule has 0 unspecified atom stereocenters. The van der Waals surface area contributed by atoms with Gasteiger partial charge in [0.05, 0.1) is 25.2 Å². The molecule has 0 radical (unpaired) electrons. The monoisotopic (exact) mass is 414 g/mol. The average Bonchev–Trinajstić information content (AvgIpc) is 3.62. The summed E-state index contributed by atoms with van der Waals surface area (Å²) < 4.78 is 0. The van der Waals surface area contributed by atoms with Crippen LogP contribution in [-0.2, 0) is 16.0 Å². The highest BCUT2D eigenvalue weighted by Crippen LogP contribution is 2.43. The van der Waals surface area contributed by atoms with Crippen molar-refractivity contribution >= 4 is 11.8 Å². The van der Waals surface area contributed by atoms with Crippen molar-refractivity contribution in [2.24, 2.45) is 5.92 Å². The van der Waals surface area contributed by atoms with Gasteiger partial charge >= 0.3 is 0 Å². The van der Waals surface area contributed by atoms with Gasteiger partial charge in [-0.25, -0.2) is 0 Å². The van der Waals surface area contributed by atoms with E-state index in [0.29, 0.717) is 13.0 Å². The van der Waals surface area contributed by atoms with Crippen molar-refractivity contribution in [2.75, 3.05) is 19.7 Å². The fourth-order valence-electron chi connectivity index (χ4n) is 4.89. The van der Waals surface area contributed by atoms with Crippen LogP contribution in [0.5, 0.6) is 0 Å². The Bertz CT molecular complexity index is 1030. The number of fused-ring (bicyclic) bond motifs is 1. The maximum absolute atomic E-state index is 12.7. The van der Waals surface area contributed by atoms with Crippen LogP contribution in [0.1, 0.15) is 35.4 Å². The first kappa shape index (κ1) is 19.8. The van der Waals surface area contributed by atoms with Crippen molar-refractivity contribution in [1.82, 2.24) is 9.80 Å². The van der Waals surface area contributed by atoms with Crippen LogP contribution in [-0.4, -0.2) is 58.5 Å². The molecule has 1 saturated carbocycles. The minimum Gasteiger partial charge on any atom is -0.394 e. The number of aliphatic hydroxyl groups excluding tert-OH is 1. The van der Waals surface area contributed by atoms with Gasteiger partial charge in [0.25, 0.3) is 0 Å². The second-order valence-electron chi connectivity index (χ2n) is 8.72. The maximum atomic E-state index is 12.7. The Labute approximate surface area is 182 Å². The quantitative estimate of drug-likeness (QED) is 0.781. The predicted octanol–water partition coefficient (Wildman–Crippen LogP) is 2.19. The molecular weight excluding hydrogens is 388 g/mol. The molecule has 2 heterocycles. The molecule has 1 N–H and O–H groups in total. The van der Waals surface area contributed by atoms with Crippen molar-refractivity contribution in [3.05, 3.63) is 71.3 Å². The molecule has 3 atom stereocenters. The number of piperazine rings is 1. The van der Waals surface area contributed by atoms with E-state index in [1.807, 2.05) is 42.5 Å². The molecule has 0 aromatic heterocycles. The summed E-state index contributed by atoms with van der Waals surface area (Å²) in [6.45, 7) is 0.633. The van der Waals surface area contributed by atoms with Gasteiger partial charge in [-0.2, -0.15) is 0 Å². The van der Waals surface area contributed by atoms with Crippen LogP contribution in [0.15, 0.2) is 54.6 Å². The summed E-state index contributed by atoms with van der Waals surface area (Å²) in [6.07, 6.45) is 2.59.